The van der Waals surface area contributed by atoms with E-state index in [1.807, 2.05) is 6.92 Å². The summed E-state index contributed by atoms with van der Waals surface area (Å²) in [6.45, 7) is 3.68. The molecule has 1 unspecified atom stereocenters. The lowest BCUT2D eigenvalue weighted by Gasteiger charge is -2.20. The van der Waals surface area contributed by atoms with E-state index in [9.17, 15) is 14.4 Å². The Hall–Kier alpha value is -2.23. The van der Waals surface area contributed by atoms with Crippen LogP contribution in [-0.4, -0.2) is 22.6 Å². The number of carboxylic acid groups (broad SMARTS) is 1. The normalized spacial score (nSPS) is 15.7. The molecule has 1 N–H and O–H groups in total. The number of hydrogen-bond donors (Lipinski definition) is 1. The lowest BCUT2D eigenvalue weighted by molar-refractivity contribution is -0.137. The number of fused-ring (bicyclic) bond motifs is 1. The summed E-state index contributed by atoms with van der Waals surface area (Å²) in [4.78, 5) is 35.5. The van der Waals surface area contributed by atoms with Gasteiger partial charge in [0.05, 0.1) is 0 Å². The first kappa shape index (κ1) is 16.1. The molecule has 4 heteroatoms. The monoisotopic (exact) mass is 300 g/mol. The Labute approximate surface area is 129 Å². The van der Waals surface area contributed by atoms with Crippen molar-refractivity contribution in [1.29, 1.82) is 0 Å². The van der Waals surface area contributed by atoms with Crippen molar-refractivity contribution in [3.63, 3.8) is 0 Å². The van der Waals surface area contributed by atoms with Crippen LogP contribution in [0.15, 0.2) is 35.4 Å². The van der Waals surface area contributed by atoms with Crippen molar-refractivity contribution in [2.45, 2.75) is 39.5 Å². The van der Waals surface area contributed by atoms with Gasteiger partial charge in [0, 0.05) is 28.7 Å². The molecule has 0 spiro atoms. The number of carbonyl (C=O) groups excluding carboxylic acids is 2. The minimum atomic E-state index is -0.805. The molecule has 0 aliphatic heterocycles. The molecule has 1 aliphatic rings. The van der Waals surface area contributed by atoms with E-state index in [1.165, 1.54) is 0 Å². The van der Waals surface area contributed by atoms with Gasteiger partial charge in [0.2, 0.25) is 0 Å². The molecule has 22 heavy (non-hydrogen) atoms. The van der Waals surface area contributed by atoms with Gasteiger partial charge in [0.25, 0.3) is 0 Å². The molecule has 1 atom stereocenters. The molecule has 1 aliphatic carbocycles. The van der Waals surface area contributed by atoms with Crippen LogP contribution >= 0.6 is 0 Å². The molecule has 0 fully saturated rings. The highest BCUT2D eigenvalue weighted by atomic mass is 16.4. The number of aliphatic carboxylic acids is 1. The number of Topliss-reactive ketones (excluding diaryl/α,β-unsaturated/α-hetero) is 2. The van der Waals surface area contributed by atoms with Gasteiger partial charge in [-0.15, -0.1) is 0 Å². The molecule has 0 aromatic heterocycles. The molecule has 0 heterocycles. The fourth-order valence-corrected chi connectivity index (χ4v) is 2.76. The summed E-state index contributed by atoms with van der Waals surface area (Å²) in [6.07, 6.45) is 1.95. The highest BCUT2D eigenvalue weighted by molar-refractivity contribution is 6.26. The van der Waals surface area contributed by atoms with Crippen LogP contribution in [0.3, 0.4) is 0 Å². The molecule has 2 rings (SSSR count). The third kappa shape index (κ3) is 3.32. The van der Waals surface area contributed by atoms with Crippen molar-refractivity contribution in [2.75, 3.05) is 0 Å². The minimum absolute atomic E-state index is 0.0712. The maximum atomic E-state index is 12.5. The second kappa shape index (κ2) is 6.69. The first-order valence-electron chi connectivity index (χ1n) is 7.51. The maximum Gasteiger partial charge on any atom is 0.303 e. The van der Waals surface area contributed by atoms with Crippen molar-refractivity contribution >= 4 is 17.5 Å². The molecule has 0 radical (unpaired) electrons. The van der Waals surface area contributed by atoms with Crippen LogP contribution in [0.4, 0.5) is 0 Å². The Morgan fingerprint density at radius 2 is 1.68 bits per heavy atom. The molecule has 0 amide bonds. The maximum absolute atomic E-state index is 12.5. The van der Waals surface area contributed by atoms with E-state index in [4.69, 9.17) is 5.11 Å². The van der Waals surface area contributed by atoms with E-state index in [-0.39, 0.29) is 23.9 Å². The van der Waals surface area contributed by atoms with Gasteiger partial charge in [0.15, 0.2) is 11.6 Å². The van der Waals surface area contributed by atoms with E-state index in [2.05, 4.69) is 0 Å². The predicted octanol–water partition coefficient (Wildman–Crippen LogP) is 3.66. The molecule has 0 saturated heterocycles. The SMILES string of the molecule is CC1=C(CCC(C)CCC(=O)O)C(=O)c2ccccc2C1=O. The highest BCUT2D eigenvalue weighted by Gasteiger charge is 2.29. The zero-order valence-electron chi connectivity index (χ0n) is 12.9. The Morgan fingerprint density at radius 3 is 2.27 bits per heavy atom. The fourth-order valence-electron chi connectivity index (χ4n) is 2.76. The number of rotatable bonds is 6. The van der Waals surface area contributed by atoms with Gasteiger partial charge in [-0.05, 0) is 32.1 Å². The number of benzene rings is 1. The average Bonchev–Trinajstić information content (AvgIpc) is 2.50. The summed E-state index contributed by atoms with van der Waals surface area (Å²) in [5.41, 5.74) is 2.05. The van der Waals surface area contributed by atoms with Crippen LogP contribution in [0.1, 0.15) is 60.2 Å². The number of carbonyl (C=O) groups is 3. The van der Waals surface area contributed by atoms with Gasteiger partial charge in [0.1, 0.15) is 0 Å². The van der Waals surface area contributed by atoms with Crippen molar-refractivity contribution < 1.29 is 19.5 Å². The van der Waals surface area contributed by atoms with E-state index in [0.717, 1.165) is 0 Å². The molecular weight excluding hydrogens is 280 g/mol. The smallest absolute Gasteiger partial charge is 0.303 e. The summed E-state index contributed by atoms with van der Waals surface area (Å²) in [6, 6.07) is 6.90. The van der Waals surface area contributed by atoms with Crippen LogP contribution in [0, 0.1) is 5.92 Å². The molecule has 4 nitrogen and oxygen atoms in total. The Kier molecular flexibility index (Phi) is 4.91. The van der Waals surface area contributed by atoms with Gasteiger partial charge in [-0.25, -0.2) is 0 Å². The third-order valence-electron chi connectivity index (χ3n) is 4.22. The number of ketones is 2. The lowest BCUT2D eigenvalue weighted by Crippen LogP contribution is -2.21. The zero-order valence-corrected chi connectivity index (χ0v) is 12.9. The summed E-state index contributed by atoms with van der Waals surface area (Å²) < 4.78 is 0. The molecule has 1 aromatic carbocycles. The lowest BCUT2D eigenvalue weighted by atomic mass is 9.82. The number of hydrogen-bond acceptors (Lipinski definition) is 3. The van der Waals surface area contributed by atoms with Crippen LogP contribution < -0.4 is 0 Å². The van der Waals surface area contributed by atoms with Gasteiger partial charge >= 0.3 is 5.97 Å². The highest BCUT2D eigenvalue weighted by Crippen LogP contribution is 2.29. The Morgan fingerprint density at radius 1 is 1.09 bits per heavy atom. The Bertz CT molecular complexity index is 655. The second-order valence-corrected chi connectivity index (χ2v) is 5.88. The van der Waals surface area contributed by atoms with E-state index >= 15 is 0 Å². The molecule has 0 bridgehead atoms. The number of carboxylic acids is 1. The Balaban J connectivity index is 2.11. The summed E-state index contributed by atoms with van der Waals surface area (Å²) in [5, 5.41) is 8.70. The summed E-state index contributed by atoms with van der Waals surface area (Å²) >= 11 is 0. The van der Waals surface area contributed by atoms with Crippen LogP contribution in [0.5, 0.6) is 0 Å². The number of allylic oxidation sites excluding steroid dienone is 2. The largest absolute Gasteiger partial charge is 0.481 e. The topological polar surface area (TPSA) is 71.4 Å². The van der Waals surface area contributed by atoms with E-state index in [1.54, 1.807) is 31.2 Å². The summed E-state index contributed by atoms with van der Waals surface area (Å²) in [7, 11) is 0. The van der Waals surface area contributed by atoms with Gasteiger partial charge < -0.3 is 5.11 Å². The van der Waals surface area contributed by atoms with Gasteiger partial charge in [-0.2, -0.15) is 0 Å². The first-order valence-corrected chi connectivity index (χ1v) is 7.51. The third-order valence-corrected chi connectivity index (χ3v) is 4.22. The average molecular weight is 300 g/mol. The predicted molar refractivity (Wildman–Crippen MR) is 83.1 cm³/mol. The van der Waals surface area contributed by atoms with Crippen molar-refractivity contribution in [2.24, 2.45) is 5.92 Å². The molecule has 1 aromatic rings. The van der Waals surface area contributed by atoms with Crippen LogP contribution in [0.25, 0.3) is 0 Å². The zero-order chi connectivity index (χ0) is 16.3. The first-order chi connectivity index (χ1) is 10.4. The van der Waals surface area contributed by atoms with Crippen LogP contribution in [-0.2, 0) is 4.79 Å². The fraction of sp³-hybridized carbons (Fsp3) is 0.389. The summed E-state index contributed by atoms with van der Waals surface area (Å²) in [5.74, 6) is -0.752. The molecule has 0 saturated carbocycles. The van der Waals surface area contributed by atoms with Crippen molar-refractivity contribution in [3.8, 4) is 0 Å². The quantitative estimate of drug-likeness (QED) is 0.870. The van der Waals surface area contributed by atoms with Crippen LogP contribution in [0.2, 0.25) is 0 Å². The molecule has 116 valence electrons. The van der Waals surface area contributed by atoms with E-state index in [0.29, 0.717) is 41.5 Å². The standard InChI is InChI=1S/C18H20O4/c1-11(8-10-16(19)20)7-9-13-12(2)17(21)14-5-3-4-6-15(14)18(13)22/h3-6,11H,7-10H2,1-2H3,(H,19,20). The van der Waals surface area contributed by atoms with Crippen molar-refractivity contribution in [1.82, 2.24) is 0 Å². The minimum Gasteiger partial charge on any atom is -0.481 e. The van der Waals surface area contributed by atoms with E-state index < -0.39 is 5.97 Å². The van der Waals surface area contributed by atoms with Gasteiger partial charge in [-0.3, -0.25) is 14.4 Å². The molecular formula is C18H20O4. The van der Waals surface area contributed by atoms with Gasteiger partial charge in [-0.1, -0.05) is 31.2 Å². The second-order valence-electron chi connectivity index (χ2n) is 5.88. The van der Waals surface area contributed by atoms with Crippen molar-refractivity contribution in [3.05, 3.63) is 46.5 Å².